The van der Waals surface area contributed by atoms with Crippen LogP contribution >= 0.6 is 15.9 Å². The molecule has 0 saturated carbocycles. The number of benzene rings is 4. The largest absolute Gasteiger partial charge is 0.417 e. The number of imidazole rings is 1. The minimum absolute atomic E-state index is 0.0210. The number of hydrogen-bond donors (Lipinski definition) is 0. The van der Waals surface area contributed by atoms with Crippen LogP contribution in [0.5, 0.6) is 0 Å². The molecule has 1 heterocycles. The van der Waals surface area contributed by atoms with Crippen molar-refractivity contribution in [3.8, 4) is 0 Å². The Morgan fingerprint density at radius 1 is 0.667 bits per heavy atom. The molecule has 33 heavy (non-hydrogen) atoms. The molecule has 0 fully saturated rings. The molecule has 1 aromatic heterocycles. The molecule has 0 aliphatic heterocycles. The second-order valence-corrected chi connectivity index (χ2v) is 8.60. The van der Waals surface area contributed by atoms with Crippen LogP contribution in [-0.4, -0.2) is 9.55 Å². The predicted molar refractivity (Wildman–Crippen MR) is 127 cm³/mol. The maximum Gasteiger partial charge on any atom is 0.417 e. The summed E-state index contributed by atoms with van der Waals surface area (Å²) in [4.78, 5) is 4.42. The molecular formula is C27H18BrF3N2. The fraction of sp³-hybridized carbons (Fsp3) is 0.0741. The minimum atomic E-state index is -4.48. The van der Waals surface area contributed by atoms with Crippen LogP contribution in [0.1, 0.15) is 22.3 Å². The van der Waals surface area contributed by atoms with Crippen LogP contribution in [0, 0.1) is 0 Å². The van der Waals surface area contributed by atoms with Crippen molar-refractivity contribution in [2.24, 2.45) is 0 Å². The number of halogens is 4. The van der Waals surface area contributed by atoms with Crippen molar-refractivity contribution in [2.45, 2.75) is 11.7 Å². The zero-order chi connectivity index (χ0) is 23.1. The highest BCUT2D eigenvalue weighted by Crippen LogP contribution is 2.44. The Balaban J connectivity index is 1.92. The highest BCUT2D eigenvalue weighted by molar-refractivity contribution is 9.10. The summed E-state index contributed by atoms with van der Waals surface area (Å²) in [5, 5.41) is 0. The molecule has 2 nitrogen and oxygen atoms in total. The zero-order valence-corrected chi connectivity index (χ0v) is 18.9. The molecule has 0 saturated heterocycles. The van der Waals surface area contributed by atoms with E-state index in [0.29, 0.717) is 5.52 Å². The predicted octanol–water partition coefficient (Wildman–Crippen LogP) is 7.66. The zero-order valence-electron chi connectivity index (χ0n) is 17.3. The fourth-order valence-corrected chi connectivity index (χ4v) is 5.03. The standard InChI is InChI=1S/C27H18BrF3N2/c28-23-17-25-24(16-22(23)27(29,30)31)32-18-33(25)26(19-10-4-1-5-11-19,20-12-6-2-7-13-20)21-14-8-3-9-15-21/h1-18H. The van der Waals surface area contributed by atoms with Gasteiger partial charge in [-0.3, -0.25) is 0 Å². The van der Waals surface area contributed by atoms with Gasteiger partial charge in [0.05, 0.1) is 22.9 Å². The van der Waals surface area contributed by atoms with Crippen LogP contribution in [0.4, 0.5) is 13.2 Å². The van der Waals surface area contributed by atoms with Gasteiger partial charge in [-0.05, 0) is 28.8 Å². The fourth-order valence-electron chi connectivity index (χ4n) is 4.47. The summed E-state index contributed by atoms with van der Waals surface area (Å²) in [7, 11) is 0. The number of aromatic nitrogens is 2. The third kappa shape index (κ3) is 3.55. The Kier molecular flexibility index (Phi) is 5.33. The van der Waals surface area contributed by atoms with Crippen molar-refractivity contribution in [2.75, 3.05) is 0 Å². The number of rotatable bonds is 4. The number of fused-ring (bicyclic) bond motifs is 1. The van der Waals surface area contributed by atoms with Crippen LogP contribution in [0.15, 0.2) is 114 Å². The molecule has 5 rings (SSSR count). The molecule has 164 valence electrons. The van der Waals surface area contributed by atoms with E-state index < -0.39 is 17.3 Å². The highest BCUT2D eigenvalue weighted by atomic mass is 79.9. The van der Waals surface area contributed by atoms with Crippen molar-refractivity contribution in [3.63, 3.8) is 0 Å². The van der Waals surface area contributed by atoms with Crippen molar-refractivity contribution in [3.05, 3.63) is 136 Å². The first kappa shape index (κ1) is 21.5. The van der Waals surface area contributed by atoms with Crippen molar-refractivity contribution in [1.82, 2.24) is 9.55 Å². The van der Waals surface area contributed by atoms with Crippen molar-refractivity contribution >= 4 is 27.0 Å². The number of nitrogens with zero attached hydrogens (tertiary/aromatic N) is 2. The van der Waals surface area contributed by atoms with Gasteiger partial charge in [0.15, 0.2) is 0 Å². The molecule has 5 aromatic rings. The van der Waals surface area contributed by atoms with E-state index in [9.17, 15) is 13.2 Å². The first-order valence-electron chi connectivity index (χ1n) is 10.3. The molecule has 0 atom stereocenters. The van der Waals surface area contributed by atoms with E-state index in [4.69, 9.17) is 0 Å². The molecule has 0 aliphatic rings. The topological polar surface area (TPSA) is 17.8 Å². The second-order valence-electron chi connectivity index (χ2n) is 7.74. The lowest BCUT2D eigenvalue weighted by molar-refractivity contribution is -0.138. The van der Waals surface area contributed by atoms with E-state index in [1.807, 2.05) is 95.6 Å². The Hall–Kier alpha value is -3.38. The summed E-state index contributed by atoms with van der Waals surface area (Å²) in [5.74, 6) is 0. The van der Waals surface area contributed by atoms with Gasteiger partial charge in [-0.15, -0.1) is 0 Å². The van der Waals surface area contributed by atoms with Crippen LogP contribution in [0.3, 0.4) is 0 Å². The van der Waals surface area contributed by atoms with E-state index in [0.717, 1.165) is 22.8 Å². The molecule has 0 aliphatic carbocycles. The summed E-state index contributed by atoms with van der Waals surface area (Å²) in [5.41, 5.74) is 2.18. The molecule has 0 bridgehead atoms. The lowest BCUT2D eigenvalue weighted by Gasteiger charge is -2.38. The van der Waals surface area contributed by atoms with Gasteiger partial charge < -0.3 is 4.57 Å². The smallest absolute Gasteiger partial charge is 0.312 e. The minimum Gasteiger partial charge on any atom is -0.312 e. The highest BCUT2D eigenvalue weighted by Gasteiger charge is 2.40. The van der Waals surface area contributed by atoms with Crippen LogP contribution in [0.25, 0.3) is 11.0 Å². The van der Waals surface area contributed by atoms with Gasteiger partial charge in [-0.1, -0.05) is 107 Å². The third-order valence-corrected chi connectivity index (χ3v) is 6.53. The van der Waals surface area contributed by atoms with Gasteiger partial charge in [0.2, 0.25) is 0 Å². The van der Waals surface area contributed by atoms with Gasteiger partial charge in [-0.2, -0.15) is 13.2 Å². The maximum absolute atomic E-state index is 13.5. The lowest BCUT2D eigenvalue weighted by atomic mass is 9.76. The van der Waals surface area contributed by atoms with Gasteiger partial charge in [0.25, 0.3) is 0 Å². The SMILES string of the molecule is FC(F)(F)c1cc2ncn(C(c3ccccc3)(c3ccccc3)c3ccccc3)c2cc1Br. The van der Waals surface area contributed by atoms with Crippen molar-refractivity contribution in [1.29, 1.82) is 0 Å². The summed E-state index contributed by atoms with van der Waals surface area (Å²) in [6.07, 6.45) is -2.85. The maximum atomic E-state index is 13.5. The first-order chi connectivity index (χ1) is 15.9. The monoisotopic (exact) mass is 506 g/mol. The summed E-state index contributed by atoms with van der Waals surface area (Å²) in [6, 6.07) is 32.4. The quantitative estimate of drug-likeness (QED) is 0.229. The molecule has 0 radical (unpaired) electrons. The Labute approximate surface area is 197 Å². The van der Waals surface area contributed by atoms with Crippen LogP contribution in [-0.2, 0) is 11.7 Å². The second kappa shape index (κ2) is 8.19. The lowest BCUT2D eigenvalue weighted by Crippen LogP contribution is -2.37. The average molecular weight is 507 g/mol. The van der Waals surface area contributed by atoms with E-state index in [-0.39, 0.29) is 9.99 Å². The number of hydrogen-bond acceptors (Lipinski definition) is 1. The third-order valence-electron chi connectivity index (χ3n) is 5.88. The summed E-state index contributed by atoms with van der Waals surface area (Å²) >= 11 is 3.15. The molecule has 0 amide bonds. The molecule has 4 aromatic carbocycles. The van der Waals surface area contributed by atoms with E-state index in [2.05, 4.69) is 20.9 Å². The normalized spacial score (nSPS) is 12.2. The number of alkyl halides is 3. The summed E-state index contributed by atoms with van der Waals surface area (Å²) in [6.45, 7) is 0. The van der Waals surface area contributed by atoms with E-state index in [1.54, 1.807) is 6.33 Å². The van der Waals surface area contributed by atoms with Crippen LogP contribution < -0.4 is 0 Å². The first-order valence-corrected chi connectivity index (χ1v) is 11.1. The molecule has 0 spiro atoms. The van der Waals surface area contributed by atoms with Crippen LogP contribution in [0.2, 0.25) is 0 Å². The molecule has 0 N–H and O–H groups in total. The Morgan fingerprint density at radius 3 is 1.55 bits per heavy atom. The van der Waals surface area contributed by atoms with Gasteiger partial charge in [0, 0.05) is 4.47 Å². The Morgan fingerprint density at radius 2 is 1.12 bits per heavy atom. The molecule has 0 unspecified atom stereocenters. The van der Waals surface area contributed by atoms with E-state index in [1.165, 1.54) is 6.07 Å². The van der Waals surface area contributed by atoms with E-state index >= 15 is 0 Å². The van der Waals surface area contributed by atoms with Gasteiger partial charge in [-0.25, -0.2) is 4.98 Å². The Bertz CT molecular complexity index is 1300. The van der Waals surface area contributed by atoms with Crippen molar-refractivity contribution < 1.29 is 13.2 Å². The van der Waals surface area contributed by atoms with Gasteiger partial charge in [0.1, 0.15) is 5.54 Å². The molecular weight excluding hydrogens is 489 g/mol. The van der Waals surface area contributed by atoms with Gasteiger partial charge >= 0.3 is 6.18 Å². The molecule has 6 heteroatoms. The average Bonchev–Trinajstić information content (AvgIpc) is 3.24. The summed E-state index contributed by atoms with van der Waals surface area (Å²) < 4.78 is 42.6.